The lowest BCUT2D eigenvalue weighted by Crippen LogP contribution is -2.43. The Labute approximate surface area is 182 Å². The number of nitrogens with zero attached hydrogens (tertiary/aromatic N) is 1. The second-order valence-electron chi connectivity index (χ2n) is 6.47. The fourth-order valence-electron chi connectivity index (χ4n) is 2.79. The Hall–Kier alpha value is -3.10. The van der Waals surface area contributed by atoms with E-state index in [1.54, 1.807) is 48.5 Å². The van der Waals surface area contributed by atoms with Crippen molar-refractivity contribution in [3.8, 4) is 0 Å². The van der Waals surface area contributed by atoms with Crippen LogP contribution in [0.2, 0.25) is 10.0 Å². The van der Waals surface area contributed by atoms with E-state index < -0.39 is 36.2 Å². The molecule has 0 bridgehead atoms. The summed E-state index contributed by atoms with van der Waals surface area (Å²) in [5.74, 6) is -3.00. The van der Waals surface area contributed by atoms with E-state index in [4.69, 9.17) is 27.9 Å². The number of rotatable bonds is 6. The maximum Gasteiger partial charge on any atom is 0.311 e. The minimum absolute atomic E-state index is 0.0437. The molecule has 0 unspecified atom stereocenters. The van der Waals surface area contributed by atoms with Crippen LogP contribution in [0.25, 0.3) is 0 Å². The molecule has 1 heterocycles. The van der Waals surface area contributed by atoms with Crippen molar-refractivity contribution >= 4 is 52.6 Å². The van der Waals surface area contributed by atoms with Crippen LogP contribution in [0.5, 0.6) is 0 Å². The van der Waals surface area contributed by atoms with E-state index in [9.17, 15) is 19.2 Å². The first-order valence-corrected chi connectivity index (χ1v) is 9.67. The fraction of sp³-hybridized carbons (Fsp3) is 0.200. The Morgan fingerprint density at radius 2 is 1.80 bits per heavy atom. The zero-order valence-electron chi connectivity index (χ0n) is 15.6. The molecule has 3 amide bonds. The number of halogens is 2. The standard InChI is InChI=1S/C20H17Cl2N3O5/c21-14-7-4-8-15(18(14)22)23-16(26)11-30-20(29)13-9-17(27)25(10-13)24-19(28)12-5-2-1-3-6-12/h1-8,13H,9-11H2,(H,23,26)(H,24,28)/t13-/m1/s1. The van der Waals surface area contributed by atoms with Gasteiger partial charge in [-0.1, -0.05) is 47.5 Å². The normalized spacial score (nSPS) is 15.6. The first-order valence-electron chi connectivity index (χ1n) is 8.92. The van der Waals surface area contributed by atoms with Gasteiger partial charge in [0.2, 0.25) is 5.91 Å². The highest BCUT2D eigenvalue weighted by atomic mass is 35.5. The summed E-state index contributed by atoms with van der Waals surface area (Å²) < 4.78 is 5.00. The first kappa shape index (κ1) is 21.6. The molecule has 0 saturated carbocycles. The van der Waals surface area contributed by atoms with Crippen molar-refractivity contribution in [2.45, 2.75) is 6.42 Å². The van der Waals surface area contributed by atoms with E-state index in [1.807, 2.05) is 0 Å². The molecule has 0 radical (unpaired) electrons. The molecule has 1 fully saturated rings. The van der Waals surface area contributed by atoms with Gasteiger partial charge in [0.1, 0.15) is 0 Å². The van der Waals surface area contributed by atoms with E-state index >= 15 is 0 Å². The molecule has 0 aromatic heterocycles. The predicted molar refractivity (Wildman–Crippen MR) is 110 cm³/mol. The molecule has 156 valence electrons. The zero-order chi connectivity index (χ0) is 21.7. The van der Waals surface area contributed by atoms with E-state index in [1.165, 1.54) is 0 Å². The molecular weight excluding hydrogens is 433 g/mol. The van der Waals surface area contributed by atoms with Gasteiger partial charge in [-0.15, -0.1) is 0 Å². The Morgan fingerprint density at radius 3 is 2.53 bits per heavy atom. The van der Waals surface area contributed by atoms with Gasteiger partial charge in [0, 0.05) is 12.0 Å². The van der Waals surface area contributed by atoms with E-state index in [0.29, 0.717) is 5.56 Å². The van der Waals surface area contributed by atoms with Gasteiger partial charge in [0.05, 0.1) is 28.2 Å². The highest BCUT2D eigenvalue weighted by Gasteiger charge is 2.36. The summed E-state index contributed by atoms with van der Waals surface area (Å²) in [6.07, 6.45) is -0.129. The molecule has 1 atom stereocenters. The fourth-order valence-corrected chi connectivity index (χ4v) is 3.14. The van der Waals surface area contributed by atoms with Crippen molar-refractivity contribution in [3.05, 3.63) is 64.1 Å². The Morgan fingerprint density at radius 1 is 1.07 bits per heavy atom. The maximum absolute atomic E-state index is 12.2. The molecule has 30 heavy (non-hydrogen) atoms. The second-order valence-corrected chi connectivity index (χ2v) is 7.25. The number of hydrazine groups is 1. The summed E-state index contributed by atoms with van der Waals surface area (Å²) in [7, 11) is 0. The minimum atomic E-state index is -0.795. The average molecular weight is 450 g/mol. The lowest BCUT2D eigenvalue weighted by Gasteiger charge is -2.17. The second kappa shape index (κ2) is 9.60. The molecular formula is C20H17Cl2N3O5. The van der Waals surface area contributed by atoms with Gasteiger partial charge in [0.15, 0.2) is 6.61 Å². The Balaban J connectivity index is 1.49. The van der Waals surface area contributed by atoms with Crippen LogP contribution in [0, 0.1) is 5.92 Å². The van der Waals surface area contributed by atoms with Crippen molar-refractivity contribution in [2.75, 3.05) is 18.5 Å². The van der Waals surface area contributed by atoms with E-state index in [2.05, 4.69) is 10.7 Å². The van der Waals surface area contributed by atoms with Crippen LogP contribution in [0.3, 0.4) is 0 Å². The van der Waals surface area contributed by atoms with Crippen LogP contribution in [0.1, 0.15) is 16.8 Å². The first-order chi connectivity index (χ1) is 14.3. The summed E-state index contributed by atoms with van der Waals surface area (Å²) in [6, 6.07) is 13.1. The number of amides is 3. The summed E-state index contributed by atoms with van der Waals surface area (Å²) in [5, 5.41) is 4.01. The number of nitrogens with one attached hydrogen (secondary N) is 2. The number of benzene rings is 2. The third-order valence-corrected chi connectivity index (χ3v) is 5.12. The molecule has 1 saturated heterocycles. The highest BCUT2D eigenvalue weighted by molar-refractivity contribution is 6.44. The number of hydrogen-bond acceptors (Lipinski definition) is 5. The largest absolute Gasteiger partial charge is 0.455 e. The van der Waals surface area contributed by atoms with Crippen LogP contribution in [0.4, 0.5) is 5.69 Å². The molecule has 2 N–H and O–H groups in total. The number of carbonyl (C=O) groups excluding carboxylic acids is 4. The lowest BCUT2D eigenvalue weighted by atomic mass is 10.1. The molecule has 3 rings (SSSR count). The SMILES string of the molecule is O=C(COC(=O)[C@@H]1CC(=O)N(NC(=O)c2ccccc2)C1)Nc1cccc(Cl)c1Cl. The van der Waals surface area contributed by atoms with Crippen molar-refractivity contribution in [2.24, 2.45) is 5.92 Å². The van der Waals surface area contributed by atoms with Gasteiger partial charge in [-0.05, 0) is 24.3 Å². The Bertz CT molecular complexity index is 984. The van der Waals surface area contributed by atoms with Crippen LogP contribution in [0.15, 0.2) is 48.5 Å². The molecule has 10 heteroatoms. The van der Waals surface area contributed by atoms with Crippen LogP contribution in [-0.4, -0.2) is 41.9 Å². The topological polar surface area (TPSA) is 105 Å². The van der Waals surface area contributed by atoms with Crippen molar-refractivity contribution in [3.63, 3.8) is 0 Å². The third kappa shape index (κ3) is 5.28. The molecule has 0 spiro atoms. The van der Waals surface area contributed by atoms with E-state index in [0.717, 1.165) is 5.01 Å². The molecule has 1 aliphatic heterocycles. The highest BCUT2D eigenvalue weighted by Crippen LogP contribution is 2.29. The number of carbonyl (C=O) groups is 4. The van der Waals surface area contributed by atoms with Gasteiger partial charge in [0.25, 0.3) is 11.8 Å². The number of ether oxygens (including phenoxy) is 1. The summed E-state index contributed by atoms with van der Waals surface area (Å²) in [4.78, 5) is 48.5. The molecule has 1 aliphatic rings. The van der Waals surface area contributed by atoms with Gasteiger partial charge in [-0.2, -0.15) is 0 Å². The smallest absolute Gasteiger partial charge is 0.311 e. The average Bonchev–Trinajstić information content (AvgIpc) is 3.10. The molecule has 8 nitrogen and oxygen atoms in total. The number of esters is 1. The van der Waals surface area contributed by atoms with Crippen molar-refractivity contribution < 1.29 is 23.9 Å². The van der Waals surface area contributed by atoms with Gasteiger partial charge in [-0.3, -0.25) is 29.6 Å². The zero-order valence-corrected chi connectivity index (χ0v) is 17.1. The van der Waals surface area contributed by atoms with Crippen LogP contribution in [-0.2, 0) is 19.1 Å². The Kier molecular flexibility index (Phi) is 6.91. The number of anilines is 1. The summed E-state index contributed by atoms with van der Waals surface area (Å²) in [6.45, 7) is -0.597. The molecule has 0 aliphatic carbocycles. The molecule has 2 aromatic carbocycles. The van der Waals surface area contributed by atoms with Crippen LogP contribution >= 0.6 is 23.2 Å². The number of hydrogen-bond donors (Lipinski definition) is 2. The maximum atomic E-state index is 12.2. The minimum Gasteiger partial charge on any atom is -0.455 e. The van der Waals surface area contributed by atoms with Gasteiger partial charge >= 0.3 is 5.97 Å². The monoisotopic (exact) mass is 449 g/mol. The van der Waals surface area contributed by atoms with Crippen molar-refractivity contribution in [1.82, 2.24) is 10.4 Å². The summed E-state index contributed by atoms with van der Waals surface area (Å²) >= 11 is 11.9. The van der Waals surface area contributed by atoms with Crippen LogP contribution < -0.4 is 10.7 Å². The quantitative estimate of drug-likeness (QED) is 0.659. The van der Waals surface area contributed by atoms with Gasteiger partial charge < -0.3 is 10.1 Å². The lowest BCUT2D eigenvalue weighted by molar-refractivity contribution is -0.151. The third-order valence-electron chi connectivity index (χ3n) is 4.30. The van der Waals surface area contributed by atoms with E-state index in [-0.39, 0.29) is 28.7 Å². The van der Waals surface area contributed by atoms with Crippen molar-refractivity contribution in [1.29, 1.82) is 0 Å². The summed E-state index contributed by atoms with van der Waals surface area (Å²) in [5.41, 5.74) is 3.14. The predicted octanol–water partition coefficient (Wildman–Crippen LogP) is 2.67. The molecule has 2 aromatic rings. The van der Waals surface area contributed by atoms with Gasteiger partial charge in [-0.25, -0.2) is 0 Å².